The molecule has 6 atom stereocenters. The van der Waals surface area contributed by atoms with E-state index in [1.165, 1.54) is 4.90 Å². The number of pyridine rings is 1. The van der Waals surface area contributed by atoms with Gasteiger partial charge in [-0.25, -0.2) is 4.98 Å². The Balaban J connectivity index is 1.36. The number of carbonyl (C=O) groups excluding carboxylic acids is 2. The van der Waals surface area contributed by atoms with Crippen LogP contribution >= 0.6 is 0 Å². The zero-order valence-corrected chi connectivity index (χ0v) is 23.1. The van der Waals surface area contributed by atoms with E-state index in [1.54, 1.807) is 6.07 Å². The van der Waals surface area contributed by atoms with Gasteiger partial charge in [-0.15, -0.1) is 0 Å². The number of carbonyl (C=O) groups is 2. The van der Waals surface area contributed by atoms with Gasteiger partial charge in [0.25, 0.3) is 0 Å². The average molecular weight is 584 g/mol. The molecule has 224 valence electrons. The number of nitrogens with one attached hydrogen (secondary N) is 2. The number of hydrogen-bond acceptors (Lipinski definition) is 6. The number of benzene rings is 2. The number of alkyl halides is 3. The summed E-state index contributed by atoms with van der Waals surface area (Å²) in [6.07, 6.45) is -3.58. The molecular formula is C31H36F3N5O3. The number of amides is 2. The molecule has 0 spiro atoms. The highest BCUT2D eigenvalue weighted by Crippen LogP contribution is 2.46. The van der Waals surface area contributed by atoms with Gasteiger partial charge in [-0.05, 0) is 55.4 Å². The SMILES string of the molecule is NC(=O)C[C@H](Nc1ccc2ccccc2n1)C(=O)N[C@@H](Cc1ccccc1)[C@H](O)CN1[C@H](C(F)(F)F)C[C@@H]2CCC[C@@H]21. The van der Waals surface area contributed by atoms with E-state index in [0.717, 1.165) is 23.8 Å². The molecule has 3 aromatic rings. The second kappa shape index (κ2) is 12.7. The van der Waals surface area contributed by atoms with Gasteiger partial charge in [-0.2, -0.15) is 13.2 Å². The van der Waals surface area contributed by atoms with Gasteiger partial charge in [-0.1, -0.05) is 55.0 Å². The number of anilines is 1. The molecule has 0 radical (unpaired) electrons. The first kappa shape index (κ1) is 29.8. The van der Waals surface area contributed by atoms with E-state index >= 15 is 0 Å². The van der Waals surface area contributed by atoms with Crippen LogP contribution < -0.4 is 16.4 Å². The fourth-order valence-electron chi connectivity index (χ4n) is 6.48. The molecule has 0 bridgehead atoms. The topological polar surface area (TPSA) is 121 Å². The molecule has 1 aliphatic carbocycles. The number of likely N-dealkylation sites (tertiary alicyclic amines) is 1. The summed E-state index contributed by atoms with van der Waals surface area (Å²) in [5, 5.41) is 18.1. The van der Waals surface area contributed by atoms with Crippen LogP contribution in [0.1, 0.15) is 37.7 Å². The molecule has 2 fully saturated rings. The van der Waals surface area contributed by atoms with Crippen molar-refractivity contribution in [1.82, 2.24) is 15.2 Å². The number of nitrogens with two attached hydrogens (primary N) is 1. The molecule has 2 aliphatic rings. The van der Waals surface area contributed by atoms with Crippen LogP contribution in [0.4, 0.5) is 19.0 Å². The molecule has 8 nitrogen and oxygen atoms in total. The first-order valence-electron chi connectivity index (χ1n) is 14.3. The predicted molar refractivity (Wildman–Crippen MR) is 153 cm³/mol. The maximum Gasteiger partial charge on any atom is 0.404 e. The van der Waals surface area contributed by atoms with Crippen LogP contribution in [0.15, 0.2) is 66.7 Å². The Hall–Kier alpha value is -3.70. The Kier molecular flexibility index (Phi) is 8.98. The maximum absolute atomic E-state index is 14.0. The minimum atomic E-state index is -4.41. The minimum Gasteiger partial charge on any atom is -0.390 e. The molecule has 1 saturated carbocycles. The van der Waals surface area contributed by atoms with Crippen molar-refractivity contribution in [2.75, 3.05) is 11.9 Å². The minimum absolute atomic E-state index is 0.0277. The number of aliphatic hydroxyl groups excluding tert-OH is 1. The van der Waals surface area contributed by atoms with Crippen molar-refractivity contribution in [1.29, 1.82) is 0 Å². The smallest absolute Gasteiger partial charge is 0.390 e. The van der Waals surface area contributed by atoms with Gasteiger partial charge in [0.15, 0.2) is 0 Å². The van der Waals surface area contributed by atoms with E-state index in [0.29, 0.717) is 17.8 Å². The summed E-state index contributed by atoms with van der Waals surface area (Å²) in [6, 6.07) is 16.1. The zero-order valence-electron chi connectivity index (χ0n) is 23.1. The second-order valence-corrected chi connectivity index (χ2v) is 11.4. The van der Waals surface area contributed by atoms with Gasteiger partial charge in [0.2, 0.25) is 11.8 Å². The highest BCUT2D eigenvalue weighted by atomic mass is 19.4. The Bertz CT molecular complexity index is 1390. The van der Waals surface area contributed by atoms with E-state index in [4.69, 9.17) is 5.73 Å². The predicted octanol–water partition coefficient (Wildman–Crippen LogP) is 3.78. The van der Waals surface area contributed by atoms with Crippen molar-refractivity contribution < 1.29 is 27.9 Å². The molecule has 1 aromatic heterocycles. The highest BCUT2D eigenvalue weighted by Gasteiger charge is 2.54. The quantitative estimate of drug-likeness (QED) is 0.273. The van der Waals surface area contributed by atoms with Crippen LogP contribution in [0.3, 0.4) is 0 Å². The second-order valence-electron chi connectivity index (χ2n) is 11.4. The lowest BCUT2D eigenvalue weighted by atomic mass is 9.99. The Morgan fingerprint density at radius 2 is 1.79 bits per heavy atom. The molecule has 0 unspecified atom stereocenters. The highest BCUT2D eigenvalue weighted by molar-refractivity contribution is 5.90. The molecule has 2 amide bonds. The van der Waals surface area contributed by atoms with Gasteiger partial charge < -0.3 is 21.5 Å². The molecule has 5 rings (SSSR count). The van der Waals surface area contributed by atoms with Gasteiger partial charge in [-0.3, -0.25) is 14.5 Å². The largest absolute Gasteiger partial charge is 0.404 e. The van der Waals surface area contributed by atoms with Crippen LogP contribution in [0.5, 0.6) is 0 Å². The van der Waals surface area contributed by atoms with Gasteiger partial charge in [0.1, 0.15) is 17.9 Å². The molecule has 1 saturated heterocycles. The van der Waals surface area contributed by atoms with Crippen molar-refractivity contribution >= 4 is 28.5 Å². The van der Waals surface area contributed by atoms with Crippen LogP contribution in [0, 0.1) is 5.92 Å². The number of fused-ring (bicyclic) bond motifs is 2. The monoisotopic (exact) mass is 583 g/mol. The Labute approximate surface area is 242 Å². The van der Waals surface area contributed by atoms with E-state index in [1.807, 2.05) is 60.7 Å². The van der Waals surface area contributed by atoms with Gasteiger partial charge in [0, 0.05) is 18.0 Å². The standard InChI is InChI=1S/C31H36F3N5O3/c32-31(33,34)27-16-21-10-6-12-25(21)39(27)18-26(40)23(15-19-7-2-1-3-8-19)38-30(42)24(17-28(35)41)37-29-14-13-20-9-4-5-11-22(20)36-29/h1-5,7-9,11,13-14,21,23-27,40H,6,10,12,15-18H2,(H2,35,41)(H,36,37)(H,38,42)/t21-,23-,24-,25-,26+,27-/m0/s1. The Morgan fingerprint density at radius 1 is 1.05 bits per heavy atom. The van der Waals surface area contributed by atoms with Crippen LogP contribution in [-0.2, 0) is 16.0 Å². The van der Waals surface area contributed by atoms with Crippen molar-refractivity contribution in [3.8, 4) is 0 Å². The van der Waals surface area contributed by atoms with Crippen LogP contribution in [0.2, 0.25) is 0 Å². The lowest BCUT2D eigenvalue weighted by Crippen LogP contribution is -2.56. The van der Waals surface area contributed by atoms with Gasteiger partial charge in [0.05, 0.1) is 24.1 Å². The summed E-state index contributed by atoms with van der Waals surface area (Å²) in [4.78, 5) is 31.4. The summed E-state index contributed by atoms with van der Waals surface area (Å²) in [6.45, 7) is -0.233. The molecule has 1 aliphatic heterocycles. The third-order valence-electron chi connectivity index (χ3n) is 8.48. The normalized spacial score (nSPS) is 22.8. The van der Waals surface area contributed by atoms with Crippen molar-refractivity contribution in [2.45, 2.75) is 75.0 Å². The number of aromatic nitrogens is 1. The van der Waals surface area contributed by atoms with Crippen molar-refractivity contribution in [3.63, 3.8) is 0 Å². The number of aliphatic hydroxyl groups is 1. The summed E-state index contributed by atoms with van der Waals surface area (Å²) >= 11 is 0. The van der Waals surface area contributed by atoms with Gasteiger partial charge >= 0.3 is 6.18 Å². The lowest BCUT2D eigenvalue weighted by Gasteiger charge is -2.35. The molecule has 11 heteroatoms. The Morgan fingerprint density at radius 3 is 2.52 bits per heavy atom. The maximum atomic E-state index is 14.0. The third kappa shape index (κ3) is 7.01. The zero-order chi connectivity index (χ0) is 29.9. The number of halogens is 3. The van der Waals surface area contributed by atoms with E-state index < -0.39 is 42.2 Å². The molecule has 42 heavy (non-hydrogen) atoms. The van der Waals surface area contributed by atoms with Crippen LogP contribution in [-0.4, -0.2) is 69.8 Å². The number of nitrogens with zero attached hydrogens (tertiary/aromatic N) is 2. The van der Waals surface area contributed by atoms with E-state index in [-0.39, 0.29) is 37.8 Å². The molecule has 2 aromatic carbocycles. The van der Waals surface area contributed by atoms with E-state index in [9.17, 15) is 27.9 Å². The summed E-state index contributed by atoms with van der Waals surface area (Å²) in [5.41, 5.74) is 6.95. The molecule has 2 heterocycles. The molecular weight excluding hydrogens is 547 g/mol. The van der Waals surface area contributed by atoms with Crippen LogP contribution in [0.25, 0.3) is 10.9 Å². The lowest BCUT2D eigenvalue weighted by molar-refractivity contribution is -0.182. The fraction of sp³-hybridized carbons (Fsp3) is 0.452. The number of para-hydroxylation sites is 1. The number of β-amino-alcohol motifs (C(OH)–C–C–N with tert-alkyl or cyclic N) is 1. The first-order valence-corrected chi connectivity index (χ1v) is 14.3. The van der Waals surface area contributed by atoms with Crippen molar-refractivity contribution in [2.24, 2.45) is 11.7 Å². The summed E-state index contributed by atoms with van der Waals surface area (Å²) in [5.74, 6) is -1.03. The molecule has 5 N–H and O–H groups in total. The fourth-order valence-corrected chi connectivity index (χ4v) is 6.48. The summed E-state index contributed by atoms with van der Waals surface area (Å²) < 4.78 is 42.0. The average Bonchev–Trinajstić information content (AvgIpc) is 3.55. The number of rotatable bonds is 11. The first-order chi connectivity index (χ1) is 20.1. The summed E-state index contributed by atoms with van der Waals surface area (Å²) in [7, 11) is 0. The van der Waals surface area contributed by atoms with E-state index in [2.05, 4.69) is 15.6 Å². The third-order valence-corrected chi connectivity index (χ3v) is 8.48. The van der Waals surface area contributed by atoms with Crippen molar-refractivity contribution in [3.05, 3.63) is 72.3 Å². The number of primary amides is 1. The number of hydrogen-bond donors (Lipinski definition) is 4.